The van der Waals surface area contributed by atoms with Crippen molar-refractivity contribution in [1.29, 1.82) is 0 Å². The fourth-order valence-electron chi connectivity index (χ4n) is 2.63. The smallest absolute Gasteiger partial charge is 0.306 e. The molecule has 1 amide bonds. The molecular formula is C21H24FNO6. The van der Waals surface area contributed by atoms with Crippen LogP contribution in [0.5, 0.6) is 17.2 Å². The number of hydrogen-bond acceptors (Lipinski definition) is 6. The van der Waals surface area contributed by atoms with E-state index >= 15 is 0 Å². The van der Waals surface area contributed by atoms with Gasteiger partial charge < -0.3 is 24.2 Å². The molecule has 0 radical (unpaired) electrons. The van der Waals surface area contributed by atoms with Gasteiger partial charge >= 0.3 is 5.97 Å². The monoisotopic (exact) mass is 405 g/mol. The number of phenolic OH excluding ortho intramolecular Hbond substituents is 1. The Morgan fingerprint density at radius 3 is 2.31 bits per heavy atom. The summed E-state index contributed by atoms with van der Waals surface area (Å²) in [5.41, 5.74) is 1.33. The number of carbonyl (C=O) groups is 2. The van der Waals surface area contributed by atoms with E-state index in [4.69, 9.17) is 14.2 Å². The number of amides is 1. The molecule has 0 saturated carbocycles. The molecule has 2 aromatic rings. The third-order valence-electron chi connectivity index (χ3n) is 4.28. The molecular weight excluding hydrogens is 381 g/mol. The van der Waals surface area contributed by atoms with E-state index in [1.54, 1.807) is 25.2 Å². The minimum Gasteiger partial charge on any atom is -0.504 e. The molecule has 0 spiro atoms. The van der Waals surface area contributed by atoms with Crippen molar-refractivity contribution in [2.45, 2.75) is 19.4 Å². The second-order valence-electron chi connectivity index (χ2n) is 6.39. The molecule has 0 aliphatic rings. The lowest BCUT2D eigenvalue weighted by atomic mass is 10.1. The van der Waals surface area contributed by atoms with Gasteiger partial charge in [-0.05, 0) is 41.8 Å². The lowest BCUT2D eigenvalue weighted by Crippen LogP contribution is -2.30. The van der Waals surface area contributed by atoms with Crippen molar-refractivity contribution in [2.24, 2.45) is 0 Å². The van der Waals surface area contributed by atoms with Crippen LogP contribution in [0.2, 0.25) is 0 Å². The van der Waals surface area contributed by atoms with Crippen LogP contribution in [-0.4, -0.2) is 49.8 Å². The Hall–Kier alpha value is -3.29. The first kappa shape index (κ1) is 22.0. The summed E-state index contributed by atoms with van der Waals surface area (Å²) in [6.45, 7) is -0.232. The Morgan fingerprint density at radius 1 is 1.03 bits per heavy atom. The first-order valence-electron chi connectivity index (χ1n) is 8.92. The van der Waals surface area contributed by atoms with Gasteiger partial charge in [0.1, 0.15) is 0 Å². The molecule has 8 heteroatoms. The van der Waals surface area contributed by atoms with E-state index in [1.807, 2.05) is 0 Å². The Balaban J connectivity index is 1.78. The zero-order chi connectivity index (χ0) is 21.4. The maximum atomic E-state index is 13.7. The first-order valence-corrected chi connectivity index (χ1v) is 8.92. The van der Waals surface area contributed by atoms with E-state index in [1.165, 1.54) is 37.3 Å². The third-order valence-corrected chi connectivity index (χ3v) is 4.28. The van der Waals surface area contributed by atoms with Gasteiger partial charge in [0, 0.05) is 20.0 Å². The predicted molar refractivity (Wildman–Crippen MR) is 103 cm³/mol. The minimum absolute atomic E-state index is 0.00913. The van der Waals surface area contributed by atoms with Crippen LogP contribution in [0.1, 0.15) is 17.5 Å². The molecule has 1 N–H and O–H groups in total. The fourth-order valence-corrected chi connectivity index (χ4v) is 2.63. The van der Waals surface area contributed by atoms with Crippen molar-refractivity contribution in [1.82, 2.24) is 4.90 Å². The number of carbonyl (C=O) groups excluding carboxylic acids is 2. The molecule has 0 aliphatic carbocycles. The number of hydrogen-bond donors (Lipinski definition) is 1. The average molecular weight is 405 g/mol. The number of methoxy groups -OCH3 is 2. The predicted octanol–water partition coefficient (Wildman–Crippen LogP) is 2.68. The van der Waals surface area contributed by atoms with Gasteiger partial charge in [-0.3, -0.25) is 9.59 Å². The van der Waals surface area contributed by atoms with E-state index in [0.29, 0.717) is 17.7 Å². The van der Waals surface area contributed by atoms with Crippen molar-refractivity contribution in [3.05, 3.63) is 53.3 Å². The van der Waals surface area contributed by atoms with Gasteiger partial charge in [-0.25, -0.2) is 4.39 Å². The van der Waals surface area contributed by atoms with Gasteiger partial charge in [0.05, 0.1) is 14.2 Å². The zero-order valence-electron chi connectivity index (χ0n) is 16.6. The standard InChI is InChI=1S/C21H24FNO6/c1-23(12-15-5-7-18(27-2)16(22)10-15)20(25)13-29-21(26)9-6-14-4-8-19(28-3)17(24)11-14/h4-5,7-8,10-11,24H,6,9,12-13H2,1-3H3. The summed E-state index contributed by atoms with van der Waals surface area (Å²) in [5.74, 6) is -0.982. The quantitative estimate of drug-likeness (QED) is 0.646. The van der Waals surface area contributed by atoms with Crippen LogP contribution in [0.15, 0.2) is 36.4 Å². The SMILES string of the molecule is COc1ccc(CCC(=O)OCC(=O)N(C)Cc2ccc(OC)c(F)c2)cc1O. The van der Waals surface area contributed by atoms with Gasteiger partial charge in [-0.1, -0.05) is 12.1 Å². The molecule has 0 unspecified atom stereocenters. The number of ether oxygens (including phenoxy) is 3. The molecule has 0 bridgehead atoms. The van der Waals surface area contributed by atoms with E-state index in [0.717, 1.165) is 5.56 Å². The summed E-state index contributed by atoms with van der Waals surface area (Å²) in [7, 11) is 4.36. The van der Waals surface area contributed by atoms with Crippen LogP contribution < -0.4 is 9.47 Å². The van der Waals surface area contributed by atoms with Gasteiger partial charge in [0.25, 0.3) is 5.91 Å². The normalized spacial score (nSPS) is 10.3. The van der Waals surface area contributed by atoms with Crippen LogP contribution >= 0.6 is 0 Å². The topological polar surface area (TPSA) is 85.3 Å². The lowest BCUT2D eigenvalue weighted by Gasteiger charge is -2.17. The molecule has 0 heterocycles. The Bertz CT molecular complexity index is 870. The van der Waals surface area contributed by atoms with Crippen molar-refractivity contribution in [3.63, 3.8) is 0 Å². The number of esters is 1. The van der Waals surface area contributed by atoms with Gasteiger partial charge in [0.2, 0.25) is 0 Å². The van der Waals surface area contributed by atoms with Crippen LogP contribution in [-0.2, 0) is 27.3 Å². The first-order chi connectivity index (χ1) is 13.8. The third kappa shape index (κ3) is 6.38. The number of halogens is 1. The summed E-state index contributed by atoms with van der Waals surface area (Å²) in [4.78, 5) is 25.4. The zero-order valence-corrected chi connectivity index (χ0v) is 16.6. The fraction of sp³-hybridized carbons (Fsp3) is 0.333. The van der Waals surface area contributed by atoms with Crippen molar-refractivity contribution < 1.29 is 33.3 Å². The summed E-state index contributed by atoms with van der Waals surface area (Å²) in [6.07, 6.45) is 0.415. The number of aromatic hydroxyl groups is 1. The second kappa shape index (κ2) is 10.3. The largest absolute Gasteiger partial charge is 0.504 e. The van der Waals surface area contributed by atoms with E-state index in [-0.39, 0.29) is 24.5 Å². The van der Waals surface area contributed by atoms with Gasteiger partial charge in [-0.15, -0.1) is 0 Å². The molecule has 2 aromatic carbocycles. The molecule has 0 fully saturated rings. The summed E-state index contributed by atoms with van der Waals surface area (Å²) < 4.78 is 28.6. The molecule has 29 heavy (non-hydrogen) atoms. The number of rotatable bonds is 9. The maximum Gasteiger partial charge on any atom is 0.306 e. The van der Waals surface area contributed by atoms with E-state index in [9.17, 15) is 19.1 Å². The lowest BCUT2D eigenvalue weighted by molar-refractivity contribution is -0.151. The Morgan fingerprint density at radius 2 is 1.69 bits per heavy atom. The van der Waals surface area contributed by atoms with E-state index in [2.05, 4.69) is 0 Å². The molecule has 0 atom stereocenters. The summed E-state index contributed by atoms with van der Waals surface area (Å²) in [6, 6.07) is 9.29. The number of benzene rings is 2. The number of nitrogens with zero attached hydrogens (tertiary/aromatic N) is 1. The summed E-state index contributed by atoms with van der Waals surface area (Å²) >= 11 is 0. The molecule has 156 valence electrons. The van der Waals surface area contributed by atoms with Crippen LogP contribution in [0.25, 0.3) is 0 Å². The highest BCUT2D eigenvalue weighted by atomic mass is 19.1. The van der Waals surface area contributed by atoms with E-state index < -0.39 is 24.3 Å². The van der Waals surface area contributed by atoms with Crippen LogP contribution in [0.4, 0.5) is 4.39 Å². The van der Waals surface area contributed by atoms with Crippen molar-refractivity contribution in [2.75, 3.05) is 27.9 Å². The highest BCUT2D eigenvalue weighted by molar-refractivity contribution is 5.80. The number of likely N-dealkylation sites (N-methyl/N-ethyl adjacent to an activating group) is 1. The molecule has 2 rings (SSSR count). The summed E-state index contributed by atoms with van der Waals surface area (Å²) in [5, 5.41) is 9.74. The molecule has 0 aliphatic heterocycles. The van der Waals surface area contributed by atoms with Crippen LogP contribution in [0.3, 0.4) is 0 Å². The molecule has 0 saturated heterocycles. The van der Waals surface area contributed by atoms with Crippen molar-refractivity contribution in [3.8, 4) is 17.2 Å². The highest BCUT2D eigenvalue weighted by Crippen LogP contribution is 2.26. The molecule has 7 nitrogen and oxygen atoms in total. The van der Waals surface area contributed by atoms with Crippen molar-refractivity contribution >= 4 is 11.9 Å². The number of phenols is 1. The maximum absolute atomic E-state index is 13.7. The van der Waals surface area contributed by atoms with Gasteiger partial charge in [-0.2, -0.15) is 0 Å². The average Bonchev–Trinajstić information content (AvgIpc) is 2.70. The van der Waals surface area contributed by atoms with Crippen LogP contribution in [0, 0.1) is 5.82 Å². The second-order valence-corrected chi connectivity index (χ2v) is 6.39. The Kier molecular flexibility index (Phi) is 7.82. The number of aryl methyl sites for hydroxylation is 1. The Labute approximate surface area is 168 Å². The highest BCUT2D eigenvalue weighted by Gasteiger charge is 2.14. The molecule has 0 aromatic heterocycles. The van der Waals surface area contributed by atoms with Gasteiger partial charge in [0.15, 0.2) is 29.7 Å². The minimum atomic E-state index is -0.530.